The summed E-state index contributed by atoms with van der Waals surface area (Å²) in [6.07, 6.45) is 2.05. The number of benzene rings is 2. The first-order valence-corrected chi connectivity index (χ1v) is 15.8. The van der Waals surface area contributed by atoms with Gasteiger partial charge in [0.15, 0.2) is 0 Å². The predicted octanol–water partition coefficient (Wildman–Crippen LogP) is 8.05. The van der Waals surface area contributed by atoms with Crippen LogP contribution in [0.3, 0.4) is 0 Å². The molecule has 0 bridgehead atoms. The highest BCUT2D eigenvalue weighted by Crippen LogP contribution is 2.74. The van der Waals surface area contributed by atoms with Crippen molar-refractivity contribution < 1.29 is 35.9 Å². The average molecular weight is 663 g/mol. The number of allylic oxidation sites excluding steroid dienone is 4. The van der Waals surface area contributed by atoms with Gasteiger partial charge in [-0.25, -0.2) is 0 Å². The van der Waals surface area contributed by atoms with Crippen LogP contribution in [0.5, 0.6) is 0 Å². The number of carbonyl (C=O) groups is 2. The lowest BCUT2D eigenvalue weighted by molar-refractivity contribution is -0.258. The summed E-state index contributed by atoms with van der Waals surface area (Å²) in [5.41, 5.74) is -2.42. The first-order valence-electron chi connectivity index (χ1n) is 14.1. The molecule has 4 nitrogen and oxygen atoms in total. The number of hydrogen-bond donors (Lipinski definition) is 2. The van der Waals surface area contributed by atoms with E-state index in [2.05, 4.69) is 10.6 Å². The van der Waals surface area contributed by atoms with Gasteiger partial charge in [0.1, 0.15) is 0 Å². The van der Waals surface area contributed by atoms with Crippen LogP contribution in [0.2, 0.25) is 0 Å². The van der Waals surface area contributed by atoms with Gasteiger partial charge in [0.05, 0.1) is 31.4 Å². The van der Waals surface area contributed by atoms with Gasteiger partial charge < -0.3 is 10.6 Å². The molecule has 236 valence electrons. The lowest BCUT2D eigenvalue weighted by atomic mass is 9.71. The molecule has 45 heavy (non-hydrogen) atoms. The second-order valence-electron chi connectivity index (χ2n) is 11.8. The smallest absolute Gasteiger partial charge is 0.345 e. The van der Waals surface area contributed by atoms with E-state index in [-0.39, 0.29) is 9.81 Å². The van der Waals surface area contributed by atoms with Crippen molar-refractivity contribution in [3.8, 4) is 0 Å². The molecule has 4 aliphatic rings. The van der Waals surface area contributed by atoms with Crippen LogP contribution in [0.15, 0.2) is 105 Å². The van der Waals surface area contributed by atoms with Gasteiger partial charge in [-0.1, -0.05) is 60.7 Å². The molecule has 2 aliphatic carbocycles. The third kappa shape index (κ3) is 4.38. The lowest BCUT2D eigenvalue weighted by Gasteiger charge is -2.47. The summed E-state index contributed by atoms with van der Waals surface area (Å²) in [6, 6.07) is 16.8. The molecule has 1 saturated carbocycles. The SMILES string of the molecule is C[C@@H](NC(=O)C1=CC2=C3C(=C4C=C(C(=O)N[C@H](C)c5ccccc5)SC4(C)C2(C)S1)C(F)(F)C(F)(F)C3(F)F)c1ccccc1. The van der Waals surface area contributed by atoms with Gasteiger partial charge in [-0.3, -0.25) is 9.59 Å². The fraction of sp³-hybridized carbons (Fsp3) is 0.333. The van der Waals surface area contributed by atoms with Crippen LogP contribution < -0.4 is 10.6 Å². The Hall–Kier alpha value is -3.38. The molecular formula is C33H28F6N2O2S2. The molecule has 0 saturated heterocycles. The Kier molecular flexibility index (Phi) is 7.24. The van der Waals surface area contributed by atoms with Gasteiger partial charge in [-0.05, 0) is 62.1 Å². The van der Waals surface area contributed by atoms with Crippen LogP contribution >= 0.6 is 23.5 Å². The van der Waals surface area contributed by atoms with Gasteiger partial charge in [0.25, 0.3) is 11.8 Å². The minimum Gasteiger partial charge on any atom is -0.345 e. The third-order valence-corrected chi connectivity index (χ3v) is 12.3. The normalized spacial score (nSPS) is 28.4. The van der Waals surface area contributed by atoms with Crippen molar-refractivity contribution in [3.05, 3.63) is 116 Å². The molecule has 2 heterocycles. The largest absolute Gasteiger partial charge is 0.380 e. The topological polar surface area (TPSA) is 58.2 Å². The number of thioether (sulfide) groups is 2. The second kappa shape index (κ2) is 10.3. The molecule has 2 amide bonds. The summed E-state index contributed by atoms with van der Waals surface area (Å²) in [5.74, 6) is -17.6. The van der Waals surface area contributed by atoms with Crippen LogP contribution in [-0.2, 0) is 9.59 Å². The first-order chi connectivity index (χ1) is 21.0. The maximum Gasteiger partial charge on any atom is 0.380 e. The molecule has 2 aromatic rings. The fourth-order valence-corrected chi connectivity index (χ4v) is 9.26. The van der Waals surface area contributed by atoms with Crippen LogP contribution in [0, 0.1) is 0 Å². The minimum atomic E-state index is -5.74. The van der Waals surface area contributed by atoms with E-state index in [9.17, 15) is 9.59 Å². The zero-order valence-corrected chi connectivity index (χ0v) is 26.1. The van der Waals surface area contributed by atoms with E-state index in [4.69, 9.17) is 0 Å². The highest BCUT2D eigenvalue weighted by molar-refractivity contribution is 8.10. The number of halogens is 6. The summed E-state index contributed by atoms with van der Waals surface area (Å²) < 4.78 is 89.0. The van der Waals surface area contributed by atoms with Crippen molar-refractivity contribution in [3.63, 3.8) is 0 Å². The van der Waals surface area contributed by atoms with Gasteiger partial charge in [0.2, 0.25) is 0 Å². The Labute approximate surface area is 264 Å². The number of alkyl halides is 6. The van der Waals surface area contributed by atoms with Gasteiger partial charge in [-0.15, -0.1) is 23.5 Å². The number of hydrogen-bond acceptors (Lipinski definition) is 4. The molecule has 1 fully saturated rings. The second-order valence-corrected chi connectivity index (χ2v) is 14.7. The van der Waals surface area contributed by atoms with E-state index >= 15 is 26.3 Å². The minimum absolute atomic E-state index is 0.0878. The zero-order chi connectivity index (χ0) is 32.7. The molecule has 0 aromatic heterocycles. The summed E-state index contributed by atoms with van der Waals surface area (Å²) in [5, 5.41) is 5.56. The molecule has 6 rings (SSSR count). The quantitative estimate of drug-likeness (QED) is 0.308. The van der Waals surface area contributed by atoms with E-state index in [0.717, 1.165) is 46.8 Å². The fourth-order valence-electron chi connectivity index (χ4n) is 6.32. The predicted molar refractivity (Wildman–Crippen MR) is 163 cm³/mol. The van der Waals surface area contributed by atoms with E-state index in [1.54, 1.807) is 74.5 Å². The van der Waals surface area contributed by atoms with Crippen LogP contribution in [0.1, 0.15) is 50.9 Å². The zero-order valence-electron chi connectivity index (χ0n) is 24.5. The highest BCUT2D eigenvalue weighted by Gasteiger charge is 2.84. The molecule has 0 radical (unpaired) electrons. The summed E-state index contributed by atoms with van der Waals surface area (Å²) in [6.45, 7) is 6.36. The highest BCUT2D eigenvalue weighted by atomic mass is 32.2. The van der Waals surface area contributed by atoms with Crippen LogP contribution in [-0.4, -0.2) is 39.1 Å². The maximum absolute atomic E-state index is 15.6. The average Bonchev–Trinajstić information content (AvgIpc) is 3.58. The van der Waals surface area contributed by atoms with Crippen molar-refractivity contribution in [2.75, 3.05) is 0 Å². The molecule has 2 N–H and O–H groups in total. The Bertz CT molecular complexity index is 1610. The molecule has 2 unspecified atom stereocenters. The van der Waals surface area contributed by atoms with Crippen molar-refractivity contribution in [1.29, 1.82) is 0 Å². The summed E-state index contributed by atoms with van der Waals surface area (Å²) in [4.78, 5) is 26.7. The Morgan fingerprint density at radius 2 is 0.956 bits per heavy atom. The molecule has 2 aliphatic heterocycles. The molecule has 2 aromatic carbocycles. The van der Waals surface area contributed by atoms with Gasteiger partial charge in [0, 0.05) is 11.1 Å². The number of nitrogens with one attached hydrogen (secondary N) is 2. The van der Waals surface area contributed by atoms with Crippen LogP contribution in [0.25, 0.3) is 0 Å². The van der Waals surface area contributed by atoms with Crippen molar-refractivity contribution in [1.82, 2.24) is 10.6 Å². The summed E-state index contributed by atoms with van der Waals surface area (Å²) in [7, 11) is 0. The Morgan fingerprint density at radius 3 is 1.29 bits per heavy atom. The number of rotatable bonds is 6. The van der Waals surface area contributed by atoms with Gasteiger partial charge >= 0.3 is 17.8 Å². The molecular weight excluding hydrogens is 634 g/mol. The molecule has 0 spiro atoms. The number of carbonyl (C=O) groups excluding carboxylic acids is 2. The number of fused-ring (bicyclic) bond motifs is 4. The van der Waals surface area contributed by atoms with E-state index in [1.165, 1.54) is 13.8 Å². The number of amides is 2. The third-order valence-electron chi connectivity index (χ3n) is 9.06. The van der Waals surface area contributed by atoms with Crippen LogP contribution in [0.4, 0.5) is 26.3 Å². The standard InChI is InChI=1S/C33H28F6N2O2S2/c1-17(19-11-7-5-8-12-19)40-27(42)23-15-21-25-26(32(36,37)33(38,39)31(25,34)35)22-16-24(45-30(22,4)29(21,3)44-23)28(43)41-18(2)20-13-9-6-10-14-20/h5-18H,1-4H3,(H,40,42)(H,41,43)/t17-,18-,29?,30?/m1/s1. The molecule has 4 atom stereocenters. The van der Waals surface area contributed by atoms with Crippen molar-refractivity contribution in [2.24, 2.45) is 0 Å². The van der Waals surface area contributed by atoms with E-state index < -0.39 is 73.5 Å². The van der Waals surface area contributed by atoms with E-state index in [0.29, 0.717) is 0 Å². The maximum atomic E-state index is 15.6. The Morgan fingerprint density at radius 1 is 0.622 bits per heavy atom. The summed E-state index contributed by atoms with van der Waals surface area (Å²) >= 11 is 1.68. The van der Waals surface area contributed by atoms with Crippen molar-refractivity contribution >= 4 is 35.3 Å². The monoisotopic (exact) mass is 662 g/mol. The van der Waals surface area contributed by atoms with Crippen molar-refractivity contribution in [2.45, 2.75) is 67.0 Å². The Balaban J connectivity index is 1.44. The van der Waals surface area contributed by atoms with E-state index in [1.807, 2.05) is 0 Å². The molecule has 12 heteroatoms. The van der Waals surface area contributed by atoms with Gasteiger partial charge in [-0.2, -0.15) is 26.3 Å². The first kappa shape index (κ1) is 31.6. The lowest BCUT2D eigenvalue weighted by Crippen LogP contribution is -2.49.